The summed E-state index contributed by atoms with van der Waals surface area (Å²) < 4.78 is 43.7. The Hall–Kier alpha value is -2.70. The predicted molar refractivity (Wildman–Crippen MR) is 68.8 cm³/mol. The first-order chi connectivity index (χ1) is 9.91. The number of nitroso groups, excluding NO2 is 1. The van der Waals surface area contributed by atoms with E-state index in [1.807, 2.05) is 0 Å². The topological polar surface area (TPSA) is 59.6 Å². The molecule has 0 unspecified atom stereocenters. The van der Waals surface area contributed by atoms with Crippen molar-refractivity contribution in [1.82, 2.24) is 0 Å². The van der Waals surface area contributed by atoms with Gasteiger partial charge < -0.3 is 4.42 Å². The van der Waals surface area contributed by atoms with E-state index in [4.69, 9.17) is 4.42 Å². The molecule has 7 heteroatoms. The zero-order valence-electron chi connectivity index (χ0n) is 10.3. The molecule has 3 rings (SSSR count). The maximum Gasteiger partial charge on any atom is 0.416 e. The van der Waals surface area contributed by atoms with Crippen molar-refractivity contribution in [2.45, 2.75) is 6.18 Å². The first-order valence-corrected chi connectivity index (χ1v) is 5.82. The summed E-state index contributed by atoms with van der Waals surface area (Å²) >= 11 is 0. The van der Waals surface area contributed by atoms with Gasteiger partial charge >= 0.3 is 12.1 Å². The SMILES string of the molecule is O=NC(=O)c1cccc2oc3ccc(C(F)(F)F)cc3c12. The van der Waals surface area contributed by atoms with Crippen LogP contribution in [0.2, 0.25) is 0 Å². The summed E-state index contributed by atoms with van der Waals surface area (Å²) in [6.07, 6.45) is -4.51. The number of halogens is 3. The van der Waals surface area contributed by atoms with Crippen LogP contribution in [0.1, 0.15) is 15.9 Å². The molecule has 0 saturated carbocycles. The summed E-state index contributed by atoms with van der Waals surface area (Å²) in [5, 5.41) is 2.59. The number of hydrogen-bond acceptors (Lipinski definition) is 3. The van der Waals surface area contributed by atoms with Gasteiger partial charge in [-0.05, 0) is 30.3 Å². The van der Waals surface area contributed by atoms with Crippen LogP contribution in [0, 0.1) is 4.91 Å². The molecule has 106 valence electrons. The molecule has 0 N–H and O–H groups in total. The minimum atomic E-state index is -4.51. The van der Waals surface area contributed by atoms with E-state index in [-0.39, 0.29) is 27.5 Å². The quantitative estimate of drug-likeness (QED) is 0.620. The highest BCUT2D eigenvalue weighted by atomic mass is 19.4. The van der Waals surface area contributed by atoms with E-state index in [0.717, 1.165) is 12.1 Å². The van der Waals surface area contributed by atoms with Gasteiger partial charge in [0, 0.05) is 15.9 Å². The Balaban J connectivity index is 2.42. The number of benzene rings is 2. The van der Waals surface area contributed by atoms with Crippen LogP contribution in [0.4, 0.5) is 13.2 Å². The third-order valence-electron chi connectivity index (χ3n) is 3.14. The number of fused-ring (bicyclic) bond motifs is 3. The average molecular weight is 293 g/mol. The van der Waals surface area contributed by atoms with Crippen molar-refractivity contribution >= 4 is 27.8 Å². The van der Waals surface area contributed by atoms with E-state index < -0.39 is 17.6 Å². The van der Waals surface area contributed by atoms with Crippen LogP contribution in [0.15, 0.2) is 46.0 Å². The van der Waals surface area contributed by atoms with E-state index in [1.165, 1.54) is 24.3 Å². The van der Waals surface area contributed by atoms with Gasteiger partial charge in [-0.2, -0.15) is 13.2 Å². The second kappa shape index (κ2) is 4.41. The van der Waals surface area contributed by atoms with E-state index in [9.17, 15) is 22.9 Å². The summed E-state index contributed by atoms with van der Waals surface area (Å²) in [5.74, 6) is -1.05. The maximum atomic E-state index is 12.8. The summed E-state index contributed by atoms with van der Waals surface area (Å²) in [6, 6.07) is 7.26. The molecule has 4 nitrogen and oxygen atoms in total. The molecule has 1 amide bonds. The van der Waals surface area contributed by atoms with Crippen molar-refractivity contribution in [2.24, 2.45) is 5.18 Å². The maximum absolute atomic E-state index is 12.8. The molecule has 0 radical (unpaired) electrons. The van der Waals surface area contributed by atoms with Gasteiger partial charge in [-0.25, -0.2) is 0 Å². The molecule has 0 aliphatic heterocycles. The molecule has 3 aromatic rings. The molecule has 1 aromatic heterocycles. The third kappa shape index (κ3) is 2.06. The van der Waals surface area contributed by atoms with Crippen molar-refractivity contribution in [1.29, 1.82) is 0 Å². The lowest BCUT2D eigenvalue weighted by molar-refractivity contribution is -0.137. The summed E-state index contributed by atoms with van der Waals surface area (Å²) in [5.41, 5.74) is -0.525. The summed E-state index contributed by atoms with van der Waals surface area (Å²) in [4.78, 5) is 21.9. The number of nitrogens with zero attached hydrogens (tertiary/aromatic N) is 1. The molecule has 21 heavy (non-hydrogen) atoms. The van der Waals surface area contributed by atoms with E-state index in [2.05, 4.69) is 5.18 Å². The number of rotatable bonds is 1. The molecule has 1 heterocycles. The van der Waals surface area contributed by atoms with Crippen molar-refractivity contribution in [2.75, 3.05) is 0 Å². The number of alkyl halides is 3. The summed E-state index contributed by atoms with van der Waals surface area (Å²) in [6.45, 7) is 0. The first kappa shape index (κ1) is 13.3. The van der Waals surface area contributed by atoms with Crippen LogP contribution >= 0.6 is 0 Å². The lowest BCUT2D eigenvalue weighted by atomic mass is 10.0. The van der Waals surface area contributed by atoms with Crippen molar-refractivity contribution in [3.63, 3.8) is 0 Å². The lowest BCUT2D eigenvalue weighted by Gasteiger charge is -2.05. The normalized spacial score (nSPS) is 12.0. The van der Waals surface area contributed by atoms with Crippen LogP contribution in [0.3, 0.4) is 0 Å². The Morgan fingerprint density at radius 3 is 2.52 bits per heavy atom. The Kier molecular flexibility index (Phi) is 2.79. The zero-order chi connectivity index (χ0) is 15.2. The Morgan fingerprint density at radius 1 is 1.10 bits per heavy atom. The van der Waals surface area contributed by atoms with Gasteiger partial charge in [-0.3, -0.25) is 4.79 Å². The molecule has 2 aromatic carbocycles. The van der Waals surface area contributed by atoms with Crippen LogP contribution in [0.25, 0.3) is 21.9 Å². The van der Waals surface area contributed by atoms with Crippen molar-refractivity contribution in [3.8, 4) is 0 Å². The Morgan fingerprint density at radius 2 is 1.86 bits per heavy atom. The first-order valence-electron chi connectivity index (χ1n) is 5.82. The number of hydrogen-bond donors (Lipinski definition) is 0. The highest BCUT2D eigenvalue weighted by Crippen LogP contribution is 2.36. The van der Waals surface area contributed by atoms with Crippen LogP contribution < -0.4 is 0 Å². The smallest absolute Gasteiger partial charge is 0.416 e. The third-order valence-corrected chi connectivity index (χ3v) is 3.14. The largest absolute Gasteiger partial charge is 0.456 e. The van der Waals surface area contributed by atoms with Gasteiger partial charge in [0.25, 0.3) is 0 Å². The van der Waals surface area contributed by atoms with Gasteiger partial charge in [-0.1, -0.05) is 6.07 Å². The highest BCUT2D eigenvalue weighted by molar-refractivity contribution is 6.16. The molecule has 0 aliphatic carbocycles. The fourth-order valence-corrected chi connectivity index (χ4v) is 2.23. The molecule has 0 bridgehead atoms. The van der Waals surface area contributed by atoms with E-state index >= 15 is 0 Å². The minimum Gasteiger partial charge on any atom is -0.456 e. The molecule has 0 spiro atoms. The Bertz CT molecular complexity index is 880. The average Bonchev–Trinajstić information content (AvgIpc) is 2.83. The molecule has 0 fully saturated rings. The van der Waals surface area contributed by atoms with Gasteiger partial charge in [0.15, 0.2) is 0 Å². The standard InChI is InChI=1S/C14H6F3NO3/c15-14(16,17)7-4-5-10-9(6-7)12-8(13(19)18-20)2-1-3-11(12)21-10/h1-6H. The monoisotopic (exact) mass is 293 g/mol. The van der Waals surface area contributed by atoms with Gasteiger partial charge in [0.2, 0.25) is 0 Å². The number of carbonyl (C=O) groups is 1. The van der Waals surface area contributed by atoms with Crippen molar-refractivity contribution < 1.29 is 22.4 Å². The van der Waals surface area contributed by atoms with Crippen LogP contribution in [-0.2, 0) is 6.18 Å². The lowest BCUT2D eigenvalue weighted by Crippen LogP contribution is -2.04. The second-order valence-electron chi connectivity index (χ2n) is 4.39. The minimum absolute atomic E-state index is 0.0828. The molecule has 0 atom stereocenters. The zero-order valence-corrected chi connectivity index (χ0v) is 10.3. The highest BCUT2D eigenvalue weighted by Gasteiger charge is 2.31. The predicted octanol–water partition coefficient (Wildman–Crippen LogP) is 4.51. The second-order valence-corrected chi connectivity index (χ2v) is 4.39. The number of furan rings is 1. The van der Waals surface area contributed by atoms with Gasteiger partial charge in [-0.15, -0.1) is 4.91 Å². The fraction of sp³-hybridized carbons (Fsp3) is 0.0714. The van der Waals surface area contributed by atoms with Crippen LogP contribution in [0.5, 0.6) is 0 Å². The van der Waals surface area contributed by atoms with E-state index in [1.54, 1.807) is 0 Å². The van der Waals surface area contributed by atoms with E-state index in [0.29, 0.717) is 0 Å². The van der Waals surface area contributed by atoms with Crippen LogP contribution in [-0.4, -0.2) is 5.91 Å². The number of carbonyl (C=O) groups excluding carboxylic acids is 1. The van der Waals surface area contributed by atoms with Crippen molar-refractivity contribution in [3.05, 3.63) is 52.4 Å². The fourth-order valence-electron chi connectivity index (χ4n) is 2.23. The number of amides is 1. The molecule has 0 aliphatic rings. The molecular weight excluding hydrogens is 287 g/mol. The summed E-state index contributed by atoms with van der Waals surface area (Å²) in [7, 11) is 0. The Labute approximate surface area is 115 Å². The molecular formula is C14H6F3NO3. The molecule has 0 saturated heterocycles. The van der Waals surface area contributed by atoms with Gasteiger partial charge in [0.05, 0.1) is 11.1 Å². The van der Waals surface area contributed by atoms with Gasteiger partial charge in [0.1, 0.15) is 11.2 Å².